The normalized spacial score (nSPS) is 34.6. The minimum absolute atomic E-state index is 0.282. The molecule has 92 valence electrons. The van der Waals surface area contributed by atoms with Crippen molar-refractivity contribution >= 4 is 11.6 Å². The fourth-order valence-electron chi connectivity index (χ4n) is 3.23. The number of hydrogen-bond donors (Lipinski definition) is 0. The van der Waals surface area contributed by atoms with Crippen molar-refractivity contribution in [1.29, 1.82) is 0 Å². The average molecular weight is 251 g/mol. The average Bonchev–Trinajstić information content (AvgIpc) is 2.99. The molecule has 2 fully saturated rings. The van der Waals surface area contributed by atoms with Crippen LogP contribution in [0.1, 0.15) is 24.8 Å². The first-order chi connectivity index (χ1) is 8.31. The van der Waals surface area contributed by atoms with Gasteiger partial charge in [0.1, 0.15) is 0 Å². The second-order valence-electron chi connectivity index (χ2n) is 5.78. The van der Waals surface area contributed by atoms with Crippen molar-refractivity contribution in [1.82, 2.24) is 0 Å². The Labute approximate surface area is 108 Å². The first-order valence-corrected chi connectivity index (χ1v) is 7.02. The zero-order valence-corrected chi connectivity index (χ0v) is 10.8. The summed E-state index contributed by atoms with van der Waals surface area (Å²) >= 11 is 6.15. The van der Waals surface area contributed by atoms with Crippen LogP contribution < -0.4 is 0 Å². The van der Waals surface area contributed by atoms with Crippen molar-refractivity contribution in [3.05, 3.63) is 35.9 Å². The number of rotatable bonds is 5. The van der Waals surface area contributed by atoms with E-state index in [0.717, 1.165) is 30.9 Å². The molecule has 0 aliphatic heterocycles. The Morgan fingerprint density at radius 2 is 1.88 bits per heavy atom. The van der Waals surface area contributed by atoms with Gasteiger partial charge in [-0.15, -0.1) is 11.6 Å². The molecule has 2 saturated carbocycles. The largest absolute Gasteiger partial charge is 0.376 e. The molecule has 0 saturated heterocycles. The lowest BCUT2D eigenvalue weighted by molar-refractivity contribution is 0.0412. The lowest BCUT2D eigenvalue weighted by Crippen LogP contribution is -2.27. The van der Waals surface area contributed by atoms with Crippen molar-refractivity contribution in [3.8, 4) is 0 Å². The molecular weight excluding hydrogens is 232 g/mol. The van der Waals surface area contributed by atoms with Crippen molar-refractivity contribution in [3.63, 3.8) is 0 Å². The van der Waals surface area contributed by atoms with E-state index in [4.69, 9.17) is 16.3 Å². The number of halogens is 1. The molecule has 2 heteroatoms. The SMILES string of the molecule is ClCC1(COCc2ccccc2)CC2CC2C1. The molecule has 1 nitrogen and oxygen atoms in total. The van der Waals surface area contributed by atoms with E-state index in [1.807, 2.05) is 6.07 Å². The lowest BCUT2D eigenvalue weighted by Gasteiger charge is -2.28. The van der Waals surface area contributed by atoms with Crippen LogP contribution in [-0.2, 0) is 11.3 Å². The fourth-order valence-corrected chi connectivity index (χ4v) is 3.53. The third-order valence-electron chi connectivity index (χ3n) is 4.26. The molecule has 0 heterocycles. The number of alkyl halides is 1. The van der Waals surface area contributed by atoms with E-state index < -0.39 is 0 Å². The summed E-state index contributed by atoms with van der Waals surface area (Å²) in [5.74, 6) is 2.69. The Morgan fingerprint density at radius 1 is 1.18 bits per heavy atom. The molecule has 0 amide bonds. The molecule has 0 bridgehead atoms. The van der Waals surface area contributed by atoms with Gasteiger partial charge in [-0.25, -0.2) is 0 Å². The topological polar surface area (TPSA) is 9.23 Å². The molecule has 1 aromatic carbocycles. The van der Waals surface area contributed by atoms with Crippen LogP contribution in [0.2, 0.25) is 0 Å². The van der Waals surface area contributed by atoms with Gasteiger partial charge in [-0.3, -0.25) is 0 Å². The summed E-state index contributed by atoms with van der Waals surface area (Å²) in [6.07, 6.45) is 4.02. The van der Waals surface area contributed by atoms with Crippen LogP contribution in [0.4, 0.5) is 0 Å². The Balaban J connectivity index is 1.50. The monoisotopic (exact) mass is 250 g/mol. The van der Waals surface area contributed by atoms with Crippen LogP contribution in [0.3, 0.4) is 0 Å². The molecule has 0 aromatic heterocycles. The van der Waals surface area contributed by atoms with Gasteiger partial charge in [-0.1, -0.05) is 30.3 Å². The minimum atomic E-state index is 0.282. The maximum atomic E-state index is 6.15. The maximum Gasteiger partial charge on any atom is 0.0717 e. The third kappa shape index (κ3) is 2.51. The summed E-state index contributed by atoms with van der Waals surface area (Å²) in [6.45, 7) is 1.55. The van der Waals surface area contributed by atoms with Crippen LogP contribution in [0.5, 0.6) is 0 Å². The summed E-state index contributed by atoms with van der Waals surface area (Å²) in [4.78, 5) is 0. The second-order valence-corrected chi connectivity index (χ2v) is 6.04. The first kappa shape index (κ1) is 11.6. The van der Waals surface area contributed by atoms with Crippen LogP contribution in [0.15, 0.2) is 30.3 Å². The van der Waals surface area contributed by atoms with E-state index in [1.54, 1.807) is 0 Å². The number of hydrogen-bond acceptors (Lipinski definition) is 1. The summed E-state index contributed by atoms with van der Waals surface area (Å²) in [7, 11) is 0. The van der Waals surface area contributed by atoms with Gasteiger partial charge in [0.05, 0.1) is 13.2 Å². The standard InChI is InChI=1S/C15H19ClO/c16-10-15(7-13-6-14(13)8-15)11-17-9-12-4-2-1-3-5-12/h1-5,13-14H,6-11H2. The van der Waals surface area contributed by atoms with Gasteiger partial charge in [-0.2, -0.15) is 0 Å². The molecule has 2 unspecified atom stereocenters. The number of benzene rings is 1. The first-order valence-electron chi connectivity index (χ1n) is 6.49. The highest BCUT2D eigenvalue weighted by Gasteiger charge is 2.53. The zero-order chi connectivity index (χ0) is 11.7. The van der Waals surface area contributed by atoms with Crippen molar-refractivity contribution < 1.29 is 4.74 Å². The Bertz CT molecular complexity index is 366. The van der Waals surface area contributed by atoms with E-state index in [-0.39, 0.29) is 5.41 Å². The summed E-state index contributed by atoms with van der Waals surface area (Å²) in [5, 5.41) is 0. The molecule has 0 spiro atoms. The quantitative estimate of drug-likeness (QED) is 0.721. The van der Waals surface area contributed by atoms with Crippen LogP contribution in [0, 0.1) is 17.3 Å². The highest BCUT2D eigenvalue weighted by molar-refractivity contribution is 6.18. The highest BCUT2D eigenvalue weighted by atomic mass is 35.5. The molecule has 3 rings (SSSR count). The number of ether oxygens (including phenoxy) is 1. The Morgan fingerprint density at radius 3 is 2.53 bits per heavy atom. The predicted molar refractivity (Wildman–Crippen MR) is 70.1 cm³/mol. The summed E-state index contributed by atoms with van der Waals surface area (Å²) in [5.41, 5.74) is 1.53. The van der Waals surface area contributed by atoms with E-state index >= 15 is 0 Å². The van der Waals surface area contributed by atoms with E-state index in [1.165, 1.54) is 24.8 Å². The van der Waals surface area contributed by atoms with Crippen LogP contribution in [0.25, 0.3) is 0 Å². The van der Waals surface area contributed by atoms with Gasteiger partial charge in [0, 0.05) is 11.3 Å². The van der Waals surface area contributed by atoms with Gasteiger partial charge >= 0.3 is 0 Å². The van der Waals surface area contributed by atoms with Gasteiger partial charge in [0.15, 0.2) is 0 Å². The molecule has 2 aliphatic rings. The van der Waals surface area contributed by atoms with Gasteiger partial charge in [0.25, 0.3) is 0 Å². The van der Waals surface area contributed by atoms with Gasteiger partial charge < -0.3 is 4.74 Å². The summed E-state index contributed by atoms with van der Waals surface area (Å²) in [6, 6.07) is 10.4. The van der Waals surface area contributed by atoms with Gasteiger partial charge in [-0.05, 0) is 36.7 Å². The van der Waals surface area contributed by atoms with Crippen LogP contribution in [-0.4, -0.2) is 12.5 Å². The molecule has 17 heavy (non-hydrogen) atoms. The molecule has 0 N–H and O–H groups in total. The molecule has 2 atom stereocenters. The van der Waals surface area contributed by atoms with E-state index in [2.05, 4.69) is 24.3 Å². The number of fused-ring (bicyclic) bond motifs is 1. The van der Waals surface area contributed by atoms with E-state index in [9.17, 15) is 0 Å². The fraction of sp³-hybridized carbons (Fsp3) is 0.600. The maximum absolute atomic E-state index is 6.15. The highest BCUT2D eigenvalue weighted by Crippen LogP contribution is 2.60. The second kappa shape index (κ2) is 4.62. The van der Waals surface area contributed by atoms with Crippen molar-refractivity contribution in [2.45, 2.75) is 25.9 Å². The van der Waals surface area contributed by atoms with Crippen molar-refractivity contribution in [2.24, 2.45) is 17.3 Å². The minimum Gasteiger partial charge on any atom is -0.376 e. The smallest absolute Gasteiger partial charge is 0.0717 e. The Kier molecular flexibility index (Phi) is 3.14. The molecular formula is C15H19ClO. The lowest BCUT2D eigenvalue weighted by atomic mass is 9.86. The molecule has 2 aliphatic carbocycles. The molecule has 1 aromatic rings. The van der Waals surface area contributed by atoms with Gasteiger partial charge in [0.2, 0.25) is 0 Å². The Hall–Kier alpha value is -0.530. The zero-order valence-electron chi connectivity index (χ0n) is 10.1. The van der Waals surface area contributed by atoms with Crippen LogP contribution >= 0.6 is 11.6 Å². The third-order valence-corrected chi connectivity index (χ3v) is 4.83. The summed E-state index contributed by atoms with van der Waals surface area (Å²) < 4.78 is 5.88. The molecule has 0 radical (unpaired) electrons. The van der Waals surface area contributed by atoms with E-state index in [0.29, 0.717) is 0 Å². The van der Waals surface area contributed by atoms with Crippen molar-refractivity contribution in [2.75, 3.05) is 12.5 Å². The predicted octanol–water partition coefficient (Wildman–Crippen LogP) is 3.86.